The van der Waals surface area contributed by atoms with Crippen molar-refractivity contribution in [3.8, 4) is 0 Å². The van der Waals surface area contributed by atoms with Crippen molar-refractivity contribution in [3.63, 3.8) is 0 Å². The van der Waals surface area contributed by atoms with Gasteiger partial charge in [0.2, 0.25) is 0 Å². The quantitative estimate of drug-likeness (QED) is 0.0440. The molecule has 248 valence electrons. The first-order chi connectivity index (χ1) is 18.4. The highest BCUT2D eigenvalue weighted by molar-refractivity contribution is 7.86. The van der Waals surface area contributed by atoms with Gasteiger partial charge in [0.25, 0.3) is 40.5 Å². The molecular formula is C17H36O20S4. The molecule has 41 heavy (non-hydrogen) atoms. The number of hydrogen-bond acceptors (Lipinski definition) is 16. The van der Waals surface area contributed by atoms with Gasteiger partial charge in [-0.25, -0.2) is 0 Å². The van der Waals surface area contributed by atoms with E-state index in [-0.39, 0.29) is 0 Å². The van der Waals surface area contributed by atoms with Gasteiger partial charge in [-0.2, -0.15) is 33.7 Å². The van der Waals surface area contributed by atoms with Gasteiger partial charge in [0.15, 0.2) is 0 Å². The van der Waals surface area contributed by atoms with E-state index in [4.69, 9.17) is 37.2 Å². The van der Waals surface area contributed by atoms with E-state index in [2.05, 4.69) is 0 Å². The molecule has 0 rings (SSSR count). The van der Waals surface area contributed by atoms with Crippen molar-refractivity contribution < 1.29 is 91.3 Å². The van der Waals surface area contributed by atoms with Crippen LogP contribution in [0.4, 0.5) is 0 Å². The van der Waals surface area contributed by atoms with Crippen LogP contribution >= 0.6 is 0 Å². The van der Waals surface area contributed by atoms with Gasteiger partial charge in [0.1, 0.15) is 23.0 Å². The van der Waals surface area contributed by atoms with Crippen LogP contribution in [-0.4, -0.2) is 173 Å². The van der Waals surface area contributed by atoms with Crippen molar-refractivity contribution in [3.05, 3.63) is 0 Å². The summed E-state index contributed by atoms with van der Waals surface area (Å²) in [5, 5.41) is 39.0. The molecule has 24 heteroatoms. The Bertz CT molecular complexity index is 992. The zero-order valence-corrected chi connectivity index (χ0v) is 24.7. The summed E-state index contributed by atoms with van der Waals surface area (Å²) in [5.74, 6) is -4.46. The maximum Gasteiger partial charge on any atom is 0.267 e. The fourth-order valence-electron chi connectivity index (χ4n) is 3.06. The van der Waals surface area contributed by atoms with Gasteiger partial charge < -0.3 is 39.4 Å². The van der Waals surface area contributed by atoms with Crippen LogP contribution in [0.1, 0.15) is 0 Å². The largest absolute Gasteiger partial charge is 0.390 e. The van der Waals surface area contributed by atoms with Crippen molar-refractivity contribution in [1.82, 2.24) is 0 Å². The predicted molar refractivity (Wildman–Crippen MR) is 135 cm³/mol. The van der Waals surface area contributed by atoms with Gasteiger partial charge in [0.05, 0.1) is 82.7 Å². The van der Waals surface area contributed by atoms with Crippen molar-refractivity contribution in [2.24, 2.45) is 5.41 Å². The summed E-state index contributed by atoms with van der Waals surface area (Å²) in [7, 11) is -18.4. The van der Waals surface area contributed by atoms with E-state index in [1.54, 1.807) is 0 Å². The molecule has 0 bridgehead atoms. The second-order valence-electron chi connectivity index (χ2n) is 9.17. The average Bonchev–Trinajstić information content (AvgIpc) is 2.68. The monoisotopic (exact) mass is 688 g/mol. The third-order valence-corrected chi connectivity index (χ3v) is 7.71. The number of aliphatic hydroxyl groups excluding tert-OH is 4. The molecule has 0 aromatic heterocycles. The summed E-state index contributed by atoms with van der Waals surface area (Å²) in [5.41, 5.74) is -1.62. The van der Waals surface area contributed by atoms with Crippen LogP contribution in [0.15, 0.2) is 0 Å². The third kappa shape index (κ3) is 24.5. The van der Waals surface area contributed by atoms with Crippen molar-refractivity contribution in [2.45, 2.75) is 24.4 Å². The first-order valence-corrected chi connectivity index (χ1v) is 17.7. The third-order valence-electron chi connectivity index (χ3n) is 4.49. The van der Waals surface area contributed by atoms with Gasteiger partial charge in [-0.05, 0) is 0 Å². The molecule has 0 amide bonds. The maximum atomic E-state index is 10.9. The average molecular weight is 689 g/mol. The summed E-state index contributed by atoms with van der Waals surface area (Å²) < 4.78 is 144. The lowest BCUT2D eigenvalue weighted by Gasteiger charge is -2.34. The van der Waals surface area contributed by atoms with Crippen LogP contribution in [0, 0.1) is 5.41 Å². The molecule has 0 aliphatic rings. The van der Waals surface area contributed by atoms with Crippen LogP contribution in [0.2, 0.25) is 0 Å². The van der Waals surface area contributed by atoms with Crippen LogP contribution in [-0.2, 0) is 59.4 Å². The summed E-state index contributed by atoms with van der Waals surface area (Å²) in [6.45, 7) is -5.24. The molecule has 0 aliphatic heterocycles. The zero-order chi connectivity index (χ0) is 32.1. The molecule has 0 fully saturated rings. The van der Waals surface area contributed by atoms with Gasteiger partial charge in [-0.1, -0.05) is 0 Å². The van der Waals surface area contributed by atoms with E-state index in [0.717, 1.165) is 0 Å². The maximum absolute atomic E-state index is 10.9. The van der Waals surface area contributed by atoms with Gasteiger partial charge in [-0.15, -0.1) is 0 Å². The van der Waals surface area contributed by atoms with Gasteiger partial charge in [0, 0.05) is 0 Å². The first kappa shape index (κ1) is 40.3. The molecule has 20 nitrogen and oxygen atoms in total. The Hall–Kier alpha value is -0.680. The molecule has 0 aromatic rings. The fraction of sp³-hybridized carbons (Fsp3) is 1.00. The second-order valence-corrected chi connectivity index (χ2v) is 15.2. The molecule has 0 spiro atoms. The molecule has 0 aromatic carbocycles. The van der Waals surface area contributed by atoms with Gasteiger partial charge >= 0.3 is 0 Å². The Labute approximate surface area is 237 Å². The van der Waals surface area contributed by atoms with Crippen LogP contribution in [0.25, 0.3) is 0 Å². The highest BCUT2D eigenvalue weighted by Gasteiger charge is 2.34. The van der Waals surface area contributed by atoms with Crippen molar-refractivity contribution >= 4 is 40.5 Å². The summed E-state index contributed by atoms with van der Waals surface area (Å²) in [6.07, 6.45) is -6.96. The summed E-state index contributed by atoms with van der Waals surface area (Å²) in [4.78, 5) is 0. The second kappa shape index (κ2) is 17.6. The molecule has 0 saturated heterocycles. The standard InChI is InChI=1S/C17H36O20S4/c18-13(5-38(22,23)24)1-34-9-17(10-35-2-14(19)6-39(25,26)27,11-36-3-15(20)7-40(28,29)30)12-37-4-16(21)8-41(31,32)33/h13-16,18-21H,1-12H2,(H,22,23,24)(H,25,26,27)(H,28,29,30)(H,31,32,33). The van der Waals surface area contributed by atoms with E-state index in [0.29, 0.717) is 0 Å². The lowest BCUT2D eigenvalue weighted by atomic mass is 9.92. The molecule has 0 aliphatic carbocycles. The fourth-order valence-corrected chi connectivity index (χ4v) is 5.39. The van der Waals surface area contributed by atoms with Gasteiger partial charge in [-0.3, -0.25) is 18.2 Å². The number of hydrogen-bond donors (Lipinski definition) is 8. The highest BCUT2D eigenvalue weighted by Crippen LogP contribution is 2.22. The van der Waals surface area contributed by atoms with Crippen molar-refractivity contribution in [2.75, 3.05) is 75.9 Å². The summed E-state index contributed by atoms with van der Waals surface area (Å²) in [6, 6.07) is 0. The van der Waals surface area contributed by atoms with E-state index >= 15 is 0 Å². The lowest BCUT2D eigenvalue weighted by Crippen LogP contribution is -2.44. The summed E-state index contributed by atoms with van der Waals surface area (Å²) >= 11 is 0. The van der Waals surface area contributed by atoms with Crippen LogP contribution in [0.5, 0.6) is 0 Å². The zero-order valence-electron chi connectivity index (χ0n) is 21.4. The molecular weight excluding hydrogens is 652 g/mol. The molecule has 0 radical (unpaired) electrons. The molecule has 4 unspecified atom stereocenters. The molecule has 0 heterocycles. The lowest BCUT2D eigenvalue weighted by molar-refractivity contribution is -0.128. The normalized spacial score (nSPS) is 18.0. The Morgan fingerprint density at radius 1 is 0.415 bits per heavy atom. The minimum Gasteiger partial charge on any atom is -0.390 e. The number of rotatable bonds is 24. The van der Waals surface area contributed by atoms with Crippen molar-refractivity contribution in [1.29, 1.82) is 0 Å². The first-order valence-electron chi connectivity index (χ1n) is 11.2. The number of ether oxygens (including phenoxy) is 4. The van der Waals surface area contributed by atoms with Crippen LogP contribution < -0.4 is 0 Å². The smallest absolute Gasteiger partial charge is 0.267 e. The molecule has 4 atom stereocenters. The highest BCUT2D eigenvalue weighted by atomic mass is 32.2. The molecule has 8 N–H and O–H groups in total. The van der Waals surface area contributed by atoms with E-state index in [1.165, 1.54) is 0 Å². The topological polar surface area (TPSA) is 335 Å². The Kier molecular flexibility index (Phi) is 17.3. The predicted octanol–water partition coefficient (Wildman–Crippen LogP) is -4.97. The van der Waals surface area contributed by atoms with E-state index < -0.39 is 146 Å². The Morgan fingerprint density at radius 2 is 0.585 bits per heavy atom. The number of aliphatic hydroxyl groups is 4. The van der Waals surface area contributed by atoms with E-state index in [1.807, 2.05) is 0 Å². The Balaban J connectivity index is 5.74. The minimum atomic E-state index is -4.60. The molecule has 0 saturated carbocycles. The van der Waals surface area contributed by atoms with E-state index in [9.17, 15) is 54.1 Å². The SMILES string of the molecule is O=S(=O)(O)CC(O)COCC(COCC(O)CS(=O)(=O)O)(COCC(O)CS(=O)(=O)O)COCC(O)CS(=O)(=O)O. The minimum absolute atomic E-state index is 0.591. The van der Waals surface area contributed by atoms with Crippen LogP contribution in [0.3, 0.4) is 0 Å². The Morgan fingerprint density at radius 3 is 0.732 bits per heavy atom.